The molecule has 2 heterocycles. The lowest BCUT2D eigenvalue weighted by Crippen LogP contribution is -2.32. The number of rotatable bonds is 3. The summed E-state index contributed by atoms with van der Waals surface area (Å²) < 4.78 is 53.6. The molecule has 3 N–H and O–H groups in total. The summed E-state index contributed by atoms with van der Waals surface area (Å²) in [5.74, 6) is -4.05. The van der Waals surface area contributed by atoms with Crippen LogP contribution >= 0.6 is 15.9 Å². The van der Waals surface area contributed by atoms with Crippen molar-refractivity contribution in [1.29, 1.82) is 0 Å². The molecule has 0 bridgehead atoms. The predicted octanol–water partition coefficient (Wildman–Crippen LogP) is 2.06. The molecule has 2 aromatic rings. The first kappa shape index (κ1) is 16.3. The van der Waals surface area contributed by atoms with E-state index in [0.29, 0.717) is 14.3 Å². The molecule has 1 saturated heterocycles. The highest BCUT2D eigenvalue weighted by Crippen LogP contribution is 2.36. The Kier molecular flexibility index (Phi) is 3.73. The van der Waals surface area contributed by atoms with E-state index in [4.69, 9.17) is 5.73 Å². The second-order valence-electron chi connectivity index (χ2n) is 5.33. The molecule has 6 nitrogen and oxygen atoms in total. The van der Waals surface area contributed by atoms with Crippen LogP contribution in [0.15, 0.2) is 27.6 Å². The lowest BCUT2D eigenvalue weighted by Gasteiger charge is -2.16. The van der Waals surface area contributed by atoms with Crippen molar-refractivity contribution < 1.29 is 22.0 Å². The summed E-state index contributed by atoms with van der Waals surface area (Å²) in [6.45, 7) is -1.22. The fraction of sp³-hybridized carbons (Fsp3) is 0.308. The van der Waals surface area contributed by atoms with Crippen molar-refractivity contribution >= 4 is 42.8 Å². The number of nitrogens with one attached hydrogen (secondary N) is 1. The fourth-order valence-electron chi connectivity index (χ4n) is 2.62. The number of halogens is 3. The number of aromatic amines is 1. The van der Waals surface area contributed by atoms with Crippen LogP contribution in [0.3, 0.4) is 0 Å². The van der Waals surface area contributed by atoms with Gasteiger partial charge in [0.05, 0.1) is 6.54 Å². The molecular weight excluding hydrogens is 396 g/mol. The molecule has 0 saturated carbocycles. The van der Waals surface area contributed by atoms with Gasteiger partial charge in [-0.1, -0.05) is 15.9 Å². The Morgan fingerprint density at radius 2 is 2.09 bits per heavy atom. The van der Waals surface area contributed by atoms with E-state index in [1.54, 1.807) is 12.1 Å². The number of amides is 1. The first-order valence-electron chi connectivity index (χ1n) is 6.61. The van der Waals surface area contributed by atoms with E-state index in [1.807, 2.05) is 0 Å². The molecule has 1 amide bonds. The molecular formula is C13H12BrF2N3O3S. The second kappa shape index (κ2) is 5.25. The van der Waals surface area contributed by atoms with Crippen LogP contribution in [0.2, 0.25) is 0 Å². The van der Waals surface area contributed by atoms with Crippen molar-refractivity contribution in [3.63, 3.8) is 0 Å². The standard InChI is InChI=1S/C13H12BrF2N3O3S/c14-7-1-2-9-8(5-7)11(10(18-9)12(17)20)23(21,22)19-4-3-13(15,16)6-19/h1-2,5,18H,3-4,6H2,(H2,17,20). The zero-order chi connectivity index (χ0) is 17.0. The van der Waals surface area contributed by atoms with Crippen LogP contribution in [0.4, 0.5) is 8.78 Å². The summed E-state index contributed by atoms with van der Waals surface area (Å²) in [4.78, 5) is 13.9. The number of carbonyl (C=O) groups is 1. The van der Waals surface area contributed by atoms with Gasteiger partial charge < -0.3 is 10.7 Å². The van der Waals surface area contributed by atoms with Crippen LogP contribution in [-0.4, -0.2) is 42.6 Å². The van der Waals surface area contributed by atoms with E-state index in [9.17, 15) is 22.0 Å². The summed E-state index contributed by atoms with van der Waals surface area (Å²) in [6, 6.07) is 4.73. The molecule has 1 aromatic heterocycles. The minimum atomic E-state index is -4.29. The predicted molar refractivity (Wildman–Crippen MR) is 82.8 cm³/mol. The van der Waals surface area contributed by atoms with Crippen molar-refractivity contribution in [1.82, 2.24) is 9.29 Å². The van der Waals surface area contributed by atoms with Crippen LogP contribution in [0.25, 0.3) is 10.9 Å². The SMILES string of the molecule is NC(=O)c1[nH]c2ccc(Br)cc2c1S(=O)(=O)N1CCC(F)(F)C1. The number of nitrogens with two attached hydrogens (primary N) is 1. The lowest BCUT2D eigenvalue weighted by molar-refractivity contribution is 0.0183. The zero-order valence-electron chi connectivity index (χ0n) is 11.6. The second-order valence-corrected chi connectivity index (χ2v) is 8.12. The first-order valence-corrected chi connectivity index (χ1v) is 8.84. The van der Waals surface area contributed by atoms with Crippen LogP contribution in [0, 0.1) is 0 Å². The van der Waals surface area contributed by atoms with E-state index < -0.39 is 34.8 Å². The van der Waals surface area contributed by atoms with Gasteiger partial charge in [-0.05, 0) is 18.2 Å². The molecule has 0 spiro atoms. The number of carbonyl (C=O) groups excluding carboxylic acids is 1. The summed E-state index contributed by atoms with van der Waals surface area (Å²) in [6.07, 6.45) is -0.551. The maximum Gasteiger partial charge on any atom is 0.266 e. The van der Waals surface area contributed by atoms with E-state index in [0.717, 1.165) is 0 Å². The van der Waals surface area contributed by atoms with Crippen molar-refractivity contribution in [2.45, 2.75) is 17.2 Å². The highest BCUT2D eigenvalue weighted by Gasteiger charge is 2.45. The Bertz CT molecular complexity index is 911. The van der Waals surface area contributed by atoms with E-state index in [-0.39, 0.29) is 22.5 Å². The van der Waals surface area contributed by atoms with Crippen LogP contribution < -0.4 is 5.73 Å². The highest BCUT2D eigenvalue weighted by atomic mass is 79.9. The van der Waals surface area contributed by atoms with Gasteiger partial charge in [-0.2, -0.15) is 4.31 Å². The van der Waals surface area contributed by atoms with Crippen molar-refractivity contribution in [3.8, 4) is 0 Å². The minimum Gasteiger partial charge on any atom is -0.364 e. The van der Waals surface area contributed by atoms with Crippen molar-refractivity contribution in [3.05, 3.63) is 28.4 Å². The van der Waals surface area contributed by atoms with E-state index >= 15 is 0 Å². The third-order valence-corrected chi connectivity index (χ3v) is 6.12. The minimum absolute atomic E-state index is 0.225. The summed E-state index contributed by atoms with van der Waals surface area (Å²) in [7, 11) is -4.29. The monoisotopic (exact) mass is 407 g/mol. The lowest BCUT2D eigenvalue weighted by atomic mass is 10.2. The molecule has 3 rings (SSSR count). The molecule has 0 radical (unpaired) electrons. The largest absolute Gasteiger partial charge is 0.364 e. The van der Waals surface area contributed by atoms with Crippen LogP contribution in [-0.2, 0) is 10.0 Å². The number of nitrogens with zero attached hydrogens (tertiary/aromatic N) is 1. The Morgan fingerprint density at radius 1 is 1.39 bits per heavy atom. The molecule has 0 atom stereocenters. The molecule has 0 aliphatic carbocycles. The number of hydrogen-bond donors (Lipinski definition) is 2. The maximum atomic E-state index is 13.4. The van der Waals surface area contributed by atoms with Gasteiger partial charge >= 0.3 is 0 Å². The van der Waals surface area contributed by atoms with Gasteiger partial charge in [0.2, 0.25) is 10.0 Å². The average Bonchev–Trinajstić information content (AvgIpc) is 2.99. The molecule has 124 valence electrons. The Hall–Kier alpha value is -1.52. The highest BCUT2D eigenvalue weighted by molar-refractivity contribution is 9.10. The van der Waals surface area contributed by atoms with Crippen molar-refractivity contribution in [2.24, 2.45) is 5.73 Å². The Morgan fingerprint density at radius 3 is 2.65 bits per heavy atom. The van der Waals surface area contributed by atoms with Gasteiger partial charge in [-0.3, -0.25) is 4.79 Å². The number of sulfonamides is 1. The number of primary amides is 1. The number of hydrogen-bond acceptors (Lipinski definition) is 3. The number of H-pyrrole nitrogens is 1. The quantitative estimate of drug-likeness (QED) is 0.814. The molecule has 23 heavy (non-hydrogen) atoms. The van der Waals surface area contributed by atoms with Crippen molar-refractivity contribution in [2.75, 3.05) is 13.1 Å². The number of aromatic nitrogens is 1. The number of fused-ring (bicyclic) bond motifs is 1. The first-order chi connectivity index (χ1) is 10.6. The molecule has 1 aliphatic rings. The smallest absolute Gasteiger partial charge is 0.266 e. The van der Waals surface area contributed by atoms with Gasteiger partial charge in [0, 0.05) is 28.3 Å². The Labute approximate surface area is 138 Å². The van der Waals surface area contributed by atoms with E-state index in [1.165, 1.54) is 6.07 Å². The van der Waals surface area contributed by atoms with E-state index in [2.05, 4.69) is 20.9 Å². The van der Waals surface area contributed by atoms with Gasteiger partial charge in [-0.25, -0.2) is 17.2 Å². The normalized spacial score (nSPS) is 18.6. The zero-order valence-corrected chi connectivity index (χ0v) is 14.0. The third-order valence-electron chi connectivity index (χ3n) is 3.69. The summed E-state index contributed by atoms with van der Waals surface area (Å²) in [5.41, 5.74) is 5.32. The molecule has 1 fully saturated rings. The summed E-state index contributed by atoms with van der Waals surface area (Å²) in [5, 5.41) is 0.225. The molecule has 10 heteroatoms. The van der Waals surface area contributed by atoms with Gasteiger partial charge in [0.1, 0.15) is 10.6 Å². The topological polar surface area (TPSA) is 96.3 Å². The Balaban J connectivity index is 2.23. The molecule has 1 aromatic carbocycles. The van der Waals surface area contributed by atoms with Crippen LogP contribution in [0.1, 0.15) is 16.9 Å². The van der Waals surface area contributed by atoms with Crippen LogP contribution in [0.5, 0.6) is 0 Å². The third kappa shape index (κ3) is 2.74. The summed E-state index contributed by atoms with van der Waals surface area (Å²) >= 11 is 3.22. The molecule has 1 aliphatic heterocycles. The van der Waals surface area contributed by atoms with Gasteiger partial charge in [-0.15, -0.1) is 0 Å². The van der Waals surface area contributed by atoms with Gasteiger partial charge in [0.25, 0.3) is 11.8 Å². The average molecular weight is 408 g/mol. The molecule has 0 unspecified atom stereocenters. The maximum absolute atomic E-state index is 13.4. The number of benzene rings is 1. The number of alkyl halides is 2. The fourth-order valence-corrected chi connectivity index (χ4v) is 4.79. The van der Waals surface area contributed by atoms with Gasteiger partial charge in [0.15, 0.2) is 0 Å².